The number of carbonyl (C=O) groups excluding carboxylic acids is 2. The molecule has 3 N–H and O–H groups in total. The maximum absolute atomic E-state index is 12.1. The highest BCUT2D eigenvalue weighted by atomic mass is 35.5. The minimum absolute atomic E-state index is 0.0475. The fourth-order valence-electron chi connectivity index (χ4n) is 1.82. The normalized spacial score (nSPS) is 10.7. The Labute approximate surface area is 126 Å². The monoisotopic (exact) mass is 306 g/mol. The van der Waals surface area contributed by atoms with E-state index in [4.69, 9.17) is 17.3 Å². The number of nitrogens with one attached hydrogen (secondary N) is 1. The Hall–Kier alpha value is -2.34. The maximum Gasteiger partial charge on any atom is 0.267 e. The van der Waals surface area contributed by atoms with E-state index in [1.54, 1.807) is 24.3 Å². The average Bonchev–Trinajstić information content (AvgIpc) is 2.83. The number of amides is 2. The molecule has 0 fully saturated rings. The summed E-state index contributed by atoms with van der Waals surface area (Å²) in [6.45, 7) is 3.73. The van der Waals surface area contributed by atoms with Crippen molar-refractivity contribution in [2.45, 2.75) is 19.9 Å². The van der Waals surface area contributed by atoms with Crippen LogP contribution in [0.25, 0.3) is 0 Å². The van der Waals surface area contributed by atoms with Gasteiger partial charge in [-0.1, -0.05) is 11.6 Å². The maximum atomic E-state index is 12.1. The molecule has 0 saturated carbocycles. The molecule has 2 aromatic rings. The third kappa shape index (κ3) is 3.41. The Morgan fingerprint density at radius 3 is 2.38 bits per heavy atom. The Kier molecular flexibility index (Phi) is 4.28. The van der Waals surface area contributed by atoms with E-state index in [1.807, 2.05) is 13.8 Å². The molecule has 0 radical (unpaired) electrons. The van der Waals surface area contributed by atoms with E-state index in [0.717, 1.165) is 0 Å². The molecule has 0 aliphatic heterocycles. The van der Waals surface area contributed by atoms with Gasteiger partial charge in [0.05, 0.1) is 0 Å². The van der Waals surface area contributed by atoms with Crippen molar-refractivity contribution in [3.05, 3.63) is 46.6 Å². The molecule has 7 heteroatoms. The molecule has 0 aliphatic carbocycles. The number of carbonyl (C=O) groups is 2. The van der Waals surface area contributed by atoms with Crippen LogP contribution in [0.2, 0.25) is 5.02 Å². The number of hydrogen-bond donors (Lipinski definition) is 2. The fraction of sp³-hybridized carbons (Fsp3) is 0.214. The summed E-state index contributed by atoms with van der Waals surface area (Å²) in [5, 5.41) is 7.35. The van der Waals surface area contributed by atoms with Crippen LogP contribution in [-0.4, -0.2) is 21.6 Å². The van der Waals surface area contributed by atoms with Crippen LogP contribution in [0.1, 0.15) is 40.7 Å². The SMILES string of the molecule is CC(C)n1nc(NC(=O)c2ccc(Cl)cc2)cc1C(N)=O. The lowest BCUT2D eigenvalue weighted by Crippen LogP contribution is -2.18. The molecule has 0 bridgehead atoms. The summed E-state index contributed by atoms with van der Waals surface area (Å²) in [6.07, 6.45) is 0. The third-order valence-corrected chi connectivity index (χ3v) is 3.08. The number of halogens is 1. The second kappa shape index (κ2) is 5.97. The molecule has 0 atom stereocenters. The number of rotatable bonds is 4. The molecular weight excluding hydrogens is 292 g/mol. The van der Waals surface area contributed by atoms with E-state index in [1.165, 1.54) is 10.7 Å². The number of aromatic nitrogens is 2. The van der Waals surface area contributed by atoms with E-state index in [-0.39, 0.29) is 23.5 Å². The van der Waals surface area contributed by atoms with Gasteiger partial charge in [-0.2, -0.15) is 5.10 Å². The van der Waals surface area contributed by atoms with Crippen molar-refractivity contribution in [2.24, 2.45) is 5.73 Å². The Bertz CT molecular complexity index is 677. The lowest BCUT2D eigenvalue weighted by Gasteiger charge is -2.07. The molecular formula is C14H15ClN4O2. The van der Waals surface area contributed by atoms with Gasteiger partial charge in [0.1, 0.15) is 5.69 Å². The van der Waals surface area contributed by atoms with E-state index in [9.17, 15) is 9.59 Å². The zero-order valence-corrected chi connectivity index (χ0v) is 12.4. The molecule has 1 heterocycles. The van der Waals surface area contributed by atoms with E-state index < -0.39 is 5.91 Å². The quantitative estimate of drug-likeness (QED) is 0.909. The number of hydrogen-bond acceptors (Lipinski definition) is 3. The van der Waals surface area contributed by atoms with Crippen LogP contribution in [0.15, 0.2) is 30.3 Å². The van der Waals surface area contributed by atoms with Gasteiger partial charge in [0.2, 0.25) is 0 Å². The number of nitrogens with two attached hydrogens (primary N) is 1. The minimum atomic E-state index is -0.594. The summed E-state index contributed by atoms with van der Waals surface area (Å²) in [5.41, 5.74) is 5.99. The van der Waals surface area contributed by atoms with Crippen molar-refractivity contribution in [2.75, 3.05) is 5.32 Å². The summed E-state index contributed by atoms with van der Waals surface area (Å²) in [4.78, 5) is 23.4. The first-order valence-electron chi connectivity index (χ1n) is 6.34. The van der Waals surface area contributed by atoms with Crippen molar-refractivity contribution in [3.63, 3.8) is 0 Å². The highest BCUT2D eigenvalue weighted by Crippen LogP contribution is 2.16. The first kappa shape index (κ1) is 15.1. The number of benzene rings is 1. The van der Waals surface area contributed by atoms with Gasteiger partial charge in [-0.05, 0) is 38.1 Å². The van der Waals surface area contributed by atoms with Crippen molar-refractivity contribution in [3.8, 4) is 0 Å². The molecule has 1 aromatic heterocycles. The van der Waals surface area contributed by atoms with Crippen molar-refractivity contribution in [1.82, 2.24) is 9.78 Å². The molecule has 1 aromatic carbocycles. The molecule has 0 aliphatic rings. The zero-order valence-electron chi connectivity index (χ0n) is 11.6. The van der Waals surface area contributed by atoms with Crippen LogP contribution >= 0.6 is 11.6 Å². The molecule has 110 valence electrons. The van der Waals surface area contributed by atoms with Gasteiger partial charge < -0.3 is 11.1 Å². The minimum Gasteiger partial charge on any atom is -0.364 e. The lowest BCUT2D eigenvalue weighted by atomic mass is 10.2. The van der Waals surface area contributed by atoms with Gasteiger partial charge in [-0.15, -0.1) is 0 Å². The van der Waals surface area contributed by atoms with E-state index in [2.05, 4.69) is 10.4 Å². The van der Waals surface area contributed by atoms with Gasteiger partial charge in [0, 0.05) is 22.7 Å². The zero-order chi connectivity index (χ0) is 15.6. The third-order valence-electron chi connectivity index (χ3n) is 2.83. The largest absolute Gasteiger partial charge is 0.364 e. The van der Waals surface area contributed by atoms with Crippen LogP contribution in [0.4, 0.5) is 5.82 Å². The molecule has 21 heavy (non-hydrogen) atoms. The number of nitrogens with zero attached hydrogens (tertiary/aromatic N) is 2. The topological polar surface area (TPSA) is 90.0 Å². The summed E-state index contributed by atoms with van der Waals surface area (Å²) in [6, 6.07) is 7.86. The summed E-state index contributed by atoms with van der Waals surface area (Å²) < 4.78 is 1.47. The van der Waals surface area contributed by atoms with E-state index >= 15 is 0 Å². The number of primary amides is 1. The highest BCUT2D eigenvalue weighted by molar-refractivity contribution is 6.30. The average molecular weight is 307 g/mol. The molecule has 2 amide bonds. The Morgan fingerprint density at radius 2 is 1.90 bits per heavy atom. The molecule has 0 unspecified atom stereocenters. The summed E-state index contributed by atoms with van der Waals surface area (Å²) >= 11 is 5.77. The molecule has 0 saturated heterocycles. The molecule has 6 nitrogen and oxygen atoms in total. The van der Waals surface area contributed by atoms with Crippen LogP contribution in [0.5, 0.6) is 0 Å². The van der Waals surface area contributed by atoms with Crippen LogP contribution in [0.3, 0.4) is 0 Å². The second-order valence-corrected chi connectivity index (χ2v) is 5.21. The van der Waals surface area contributed by atoms with Gasteiger partial charge in [-0.25, -0.2) is 0 Å². The molecule has 2 rings (SSSR count). The van der Waals surface area contributed by atoms with Crippen LogP contribution in [-0.2, 0) is 0 Å². The predicted molar refractivity (Wildman–Crippen MR) is 80.5 cm³/mol. The molecule has 0 spiro atoms. The van der Waals surface area contributed by atoms with Crippen molar-refractivity contribution < 1.29 is 9.59 Å². The van der Waals surface area contributed by atoms with Crippen LogP contribution in [0, 0.1) is 0 Å². The fourth-order valence-corrected chi connectivity index (χ4v) is 1.95. The van der Waals surface area contributed by atoms with Gasteiger partial charge in [-0.3, -0.25) is 14.3 Å². The Balaban J connectivity index is 2.23. The van der Waals surface area contributed by atoms with Gasteiger partial charge in [0.15, 0.2) is 5.82 Å². The smallest absolute Gasteiger partial charge is 0.267 e. The number of anilines is 1. The predicted octanol–water partition coefficient (Wildman–Crippen LogP) is 2.47. The Morgan fingerprint density at radius 1 is 1.29 bits per heavy atom. The van der Waals surface area contributed by atoms with Gasteiger partial charge in [0.25, 0.3) is 11.8 Å². The highest BCUT2D eigenvalue weighted by Gasteiger charge is 2.16. The van der Waals surface area contributed by atoms with Crippen molar-refractivity contribution >= 4 is 29.2 Å². The second-order valence-electron chi connectivity index (χ2n) is 4.78. The lowest BCUT2D eigenvalue weighted by molar-refractivity contribution is 0.0986. The van der Waals surface area contributed by atoms with E-state index in [0.29, 0.717) is 10.6 Å². The first-order chi connectivity index (χ1) is 9.88. The van der Waals surface area contributed by atoms with Crippen molar-refractivity contribution in [1.29, 1.82) is 0 Å². The van der Waals surface area contributed by atoms with Gasteiger partial charge >= 0.3 is 0 Å². The standard InChI is InChI=1S/C14H15ClN4O2/c1-8(2)19-11(13(16)20)7-12(18-19)17-14(21)9-3-5-10(15)6-4-9/h3-8H,1-2H3,(H2,16,20)(H,17,18,21). The summed E-state index contributed by atoms with van der Waals surface area (Å²) in [7, 11) is 0. The summed E-state index contributed by atoms with van der Waals surface area (Å²) in [5.74, 6) is -0.656. The first-order valence-corrected chi connectivity index (χ1v) is 6.72. The van der Waals surface area contributed by atoms with Crippen LogP contribution < -0.4 is 11.1 Å².